The van der Waals surface area contributed by atoms with Gasteiger partial charge in [-0.05, 0) is 33.3 Å². The molecule has 114 valence electrons. The number of nitro benzene ring substituents is 1. The third-order valence-electron chi connectivity index (χ3n) is 3.90. The molecule has 1 aromatic carbocycles. The molecule has 0 fully saturated rings. The Labute approximate surface area is 125 Å². The standard InChI is InChI=1S/C16H23N3O2/c1-11(2)8-9-18-10-12(3)17-16-14(13(18)4)6-5-7-15(16)19(20)21/h5-8,12-13,17H,9-10H2,1-4H3/t12-,13+/m0/s1. The van der Waals surface area contributed by atoms with Crippen molar-refractivity contribution in [1.82, 2.24) is 4.90 Å². The molecule has 1 aliphatic rings. The maximum atomic E-state index is 11.2. The van der Waals surface area contributed by atoms with Crippen LogP contribution < -0.4 is 5.32 Å². The summed E-state index contributed by atoms with van der Waals surface area (Å²) in [5.74, 6) is 0. The van der Waals surface area contributed by atoms with Crippen LogP contribution in [0.25, 0.3) is 0 Å². The Kier molecular flexibility index (Phi) is 4.63. The summed E-state index contributed by atoms with van der Waals surface area (Å²) in [7, 11) is 0. The summed E-state index contributed by atoms with van der Waals surface area (Å²) in [6, 6.07) is 5.63. The molecule has 2 atom stereocenters. The van der Waals surface area contributed by atoms with E-state index in [0.29, 0.717) is 5.69 Å². The fourth-order valence-corrected chi connectivity index (χ4v) is 2.75. The van der Waals surface area contributed by atoms with Crippen molar-refractivity contribution >= 4 is 11.4 Å². The van der Waals surface area contributed by atoms with Gasteiger partial charge in [0, 0.05) is 31.2 Å². The van der Waals surface area contributed by atoms with E-state index in [9.17, 15) is 10.1 Å². The maximum Gasteiger partial charge on any atom is 0.292 e. The molecular formula is C16H23N3O2. The molecule has 1 heterocycles. The zero-order valence-corrected chi connectivity index (χ0v) is 13.1. The van der Waals surface area contributed by atoms with E-state index < -0.39 is 0 Å². The van der Waals surface area contributed by atoms with Crippen molar-refractivity contribution in [2.24, 2.45) is 0 Å². The molecule has 0 spiro atoms. The van der Waals surface area contributed by atoms with Gasteiger partial charge in [0.15, 0.2) is 0 Å². The molecule has 0 saturated heterocycles. The lowest BCUT2D eigenvalue weighted by Gasteiger charge is -2.27. The second-order valence-corrected chi connectivity index (χ2v) is 5.96. The van der Waals surface area contributed by atoms with Crippen molar-refractivity contribution < 1.29 is 4.92 Å². The minimum Gasteiger partial charge on any atom is -0.375 e. The molecule has 1 aromatic rings. The largest absolute Gasteiger partial charge is 0.375 e. The van der Waals surface area contributed by atoms with Gasteiger partial charge < -0.3 is 5.32 Å². The van der Waals surface area contributed by atoms with E-state index in [0.717, 1.165) is 18.7 Å². The number of hydrogen-bond acceptors (Lipinski definition) is 4. The molecule has 0 aromatic heterocycles. The highest BCUT2D eigenvalue weighted by molar-refractivity contribution is 5.68. The first-order valence-corrected chi connectivity index (χ1v) is 7.31. The first kappa shape index (κ1) is 15.5. The van der Waals surface area contributed by atoms with E-state index in [-0.39, 0.29) is 22.7 Å². The number of nitrogens with one attached hydrogen (secondary N) is 1. The lowest BCUT2D eigenvalue weighted by molar-refractivity contribution is -0.384. The van der Waals surface area contributed by atoms with Gasteiger partial charge in [0.2, 0.25) is 0 Å². The summed E-state index contributed by atoms with van der Waals surface area (Å²) >= 11 is 0. The van der Waals surface area contributed by atoms with Gasteiger partial charge in [0.05, 0.1) is 4.92 Å². The number of fused-ring (bicyclic) bond motifs is 1. The zero-order valence-electron chi connectivity index (χ0n) is 13.1. The molecule has 0 bridgehead atoms. The number of benzene rings is 1. The quantitative estimate of drug-likeness (QED) is 0.523. The van der Waals surface area contributed by atoms with Crippen LogP contribution >= 0.6 is 0 Å². The first-order chi connectivity index (χ1) is 9.90. The number of nitrogens with zero attached hydrogens (tertiary/aromatic N) is 2. The predicted octanol–water partition coefficient (Wildman–Crippen LogP) is 3.74. The van der Waals surface area contributed by atoms with Crippen LogP contribution in [-0.4, -0.2) is 29.0 Å². The lowest BCUT2D eigenvalue weighted by atomic mass is 10.0. The molecule has 0 saturated carbocycles. The number of rotatable bonds is 3. The normalized spacial score (nSPS) is 21.9. The first-order valence-electron chi connectivity index (χ1n) is 7.31. The fraction of sp³-hybridized carbons (Fsp3) is 0.500. The Bertz CT molecular complexity index is 565. The van der Waals surface area contributed by atoms with Gasteiger partial charge in [-0.25, -0.2) is 0 Å². The van der Waals surface area contributed by atoms with E-state index in [4.69, 9.17) is 0 Å². The monoisotopic (exact) mass is 289 g/mol. The number of anilines is 1. The van der Waals surface area contributed by atoms with Crippen molar-refractivity contribution in [3.05, 3.63) is 45.5 Å². The van der Waals surface area contributed by atoms with Gasteiger partial charge in [0.25, 0.3) is 5.69 Å². The minimum atomic E-state index is -0.309. The smallest absolute Gasteiger partial charge is 0.292 e. The highest BCUT2D eigenvalue weighted by atomic mass is 16.6. The SMILES string of the molecule is CC(C)=CCN1C[C@H](C)Nc2c(cccc2[N+](=O)[O-])[C@H]1C. The Morgan fingerprint density at radius 2 is 2.19 bits per heavy atom. The van der Waals surface area contributed by atoms with Crippen molar-refractivity contribution in [2.45, 2.75) is 39.8 Å². The van der Waals surface area contributed by atoms with E-state index in [1.54, 1.807) is 12.1 Å². The Morgan fingerprint density at radius 3 is 2.81 bits per heavy atom. The number of para-hydroxylation sites is 1. The van der Waals surface area contributed by atoms with Gasteiger partial charge in [0.1, 0.15) is 5.69 Å². The second-order valence-electron chi connectivity index (χ2n) is 5.96. The fourth-order valence-electron chi connectivity index (χ4n) is 2.75. The molecule has 0 amide bonds. The van der Waals surface area contributed by atoms with Gasteiger partial charge in [-0.2, -0.15) is 0 Å². The minimum absolute atomic E-state index is 0.146. The summed E-state index contributed by atoms with van der Waals surface area (Å²) in [6.07, 6.45) is 2.20. The number of allylic oxidation sites excluding steroid dienone is 1. The Hall–Kier alpha value is -1.88. The van der Waals surface area contributed by atoms with Crippen molar-refractivity contribution in [1.29, 1.82) is 0 Å². The average Bonchev–Trinajstić information content (AvgIpc) is 2.53. The zero-order chi connectivity index (χ0) is 15.6. The third kappa shape index (κ3) is 3.42. The molecule has 0 radical (unpaired) electrons. The highest BCUT2D eigenvalue weighted by Crippen LogP contribution is 2.37. The van der Waals surface area contributed by atoms with Crippen LogP contribution in [0, 0.1) is 10.1 Å². The molecular weight excluding hydrogens is 266 g/mol. The summed E-state index contributed by atoms with van der Waals surface area (Å²) in [5, 5.41) is 14.6. The molecule has 1 aliphatic heterocycles. The average molecular weight is 289 g/mol. The maximum absolute atomic E-state index is 11.2. The van der Waals surface area contributed by atoms with Crippen LogP contribution in [0.4, 0.5) is 11.4 Å². The van der Waals surface area contributed by atoms with Crippen LogP contribution in [0.2, 0.25) is 0 Å². The number of hydrogen-bond donors (Lipinski definition) is 1. The van der Waals surface area contributed by atoms with Gasteiger partial charge in [-0.3, -0.25) is 15.0 Å². The van der Waals surface area contributed by atoms with Crippen LogP contribution in [0.1, 0.15) is 39.3 Å². The predicted molar refractivity (Wildman–Crippen MR) is 85.6 cm³/mol. The van der Waals surface area contributed by atoms with Crippen molar-refractivity contribution in [3.8, 4) is 0 Å². The van der Waals surface area contributed by atoms with Gasteiger partial charge in [-0.1, -0.05) is 23.8 Å². The van der Waals surface area contributed by atoms with E-state index in [1.807, 2.05) is 6.07 Å². The summed E-state index contributed by atoms with van der Waals surface area (Å²) in [4.78, 5) is 13.3. The van der Waals surface area contributed by atoms with E-state index in [1.165, 1.54) is 5.57 Å². The van der Waals surface area contributed by atoms with Crippen molar-refractivity contribution in [3.63, 3.8) is 0 Å². The highest BCUT2D eigenvalue weighted by Gasteiger charge is 2.29. The molecule has 5 nitrogen and oxygen atoms in total. The van der Waals surface area contributed by atoms with E-state index >= 15 is 0 Å². The molecule has 2 rings (SSSR count). The lowest BCUT2D eigenvalue weighted by Crippen LogP contribution is -2.34. The van der Waals surface area contributed by atoms with Gasteiger partial charge in [-0.15, -0.1) is 0 Å². The van der Waals surface area contributed by atoms with Crippen LogP contribution in [0.5, 0.6) is 0 Å². The molecule has 1 N–H and O–H groups in total. The van der Waals surface area contributed by atoms with Crippen LogP contribution in [0.3, 0.4) is 0 Å². The topological polar surface area (TPSA) is 58.4 Å². The second kappa shape index (κ2) is 6.26. The molecule has 5 heteroatoms. The summed E-state index contributed by atoms with van der Waals surface area (Å²) < 4.78 is 0. The number of nitro groups is 1. The Balaban J connectivity index is 2.42. The molecule has 0 aliphatic carbocycles. The van der Waals surface area contributed by atoms with E-state index in [2.05, 4.69) is 44.0 Å². The summed E-state index contributed by atoms with van der Waals surface area (Å²) in [6.45, 7) is 10.1. The van der Waals surface area contributed by atoms with Gasteiger partial charge >= 0.3 is 0 Å². The van der Waals surface area contributed by atoms with Crippen LogP contribution in [0.15, 0.2) is 29.8 Å². The molecule has 21 heavy (non-hydrogen) atoms. The third-order valence-corrected chi connectivity index (χ3v) is 3.90. The van der Waals surface area contributed by atoms with Crippen molar-refractivity contribution in [2.75, 3.05) is 18.4 Å². The van der Waals surface area contributed by atoms with Crippen LogP contribution in [-0.2, 0) is 0 Å². The molecule has 0 unspecified atom stereocenters. The Morgan fingerprint density at radius 1 is 1.48 bits per heavy atom. The summed E-state index contributed by atoms with van der Waals surface area (Å²) in [5.41, 5.74) is 3.11.